The second-order valence-electron chi connectivity index (χ2n) is 6.11. The highest BCUT2D eigenvalue weighted by Crippen LogP contribution is 2.21. The molecule has 0 aliphatic rings. The van der Waals surface area contributed by atoms with Crippen LogP contribution in [0.15, 0.2) is 48.5 Å². The molecule has 0 aromatic heterocycles. The second kappa shape index (κ2) is 8.88. The minimum absolute atomic E-state index is 0.290. The SMILES string of the molecule is COCc1cccc(NC(=O)[C@H](C)Oc2ccc(N(C)S(C)(=O)=O)cc2)c1. The fourth-order valence-corrected chi connectivity index (χ4v) is 2.84. The number of nitrogens with zero attached hydrogens (tertiary/aromatic N) is 1. The minimum atomic E-state index is -3.33. The van der Waals surface area contributed by atoms with Gasteiger partial charge in [0.25, 0.3) is 5.91 Å². The van der Waals surface area contributed by atoms with Crippen LogP contribution in [0.1, 0.15) is 12.5 Å². The number of amides is 1. The molecule has 0 fully saturated rings. The molecule has 0 radical (unpaired) electrons. The number of hydrogen-bond donors (Lipinski definition) is 1. The quantitative estimate of drug-likeness (QED) is 0.746. The van der Waals surface area contributed by atoms with Crippen molar-refractivity contribution in [2.45, 2.75) is 19.6 Å². The van der Waals surface area contributed by atoms with Crippen LogP contribution in [0.25, 0.3) is 0 Å². The van der Waals surface area contributed by atoms with Crippen molar-refractivity contribution in [3.63, 3.8) is 0 Å². The van der Waals surface area contributed by atoms with E-state index in [1.54, 1.807) is 44.4 Å². The van der Waals surface area contributed by atoms with Crippen LogP contribution in [0.5, 0.6) is 5.75 Å². The summed E-state index contributed by atoms with van der Waals surface area (Å²) in [5.74, 6) is 0.179. The summed E-state index contributed by atoms with van der Waals surface area (Å²) in [4.78, 5) is 12.3. The van der Waals surface area contributed by atoms with Crippen molar-refractivity contribution in [2.24, 2.45) is 0 Å². The number of carbonyl (C=O) groups excluding carboxylic acids is 1. The third-order valence-electron chi connectivity index (χ3n) is 3.89. The zero-order valence-corrected chi connectivity index (χ0v) is 16.6. The van der Waals surface area contributed by atoms with Crippen LogP contribution >= 0.6 is 0 Å². The molecule has 0 heterocycles. The van der Waals surface area contributed by atoms with Crippen molar-refractivity contribution >= 4 is 27.3 Å². The van der Waals surface area contributed by atoms with Crippen molar-refractivity contribution in [3.05, 3.63) is 54.1 Å². The molecule has 2 aromatic rings. The van der Waals surface area contributed by atoms with Crippen LogP contribution < -0.4 is 14.4 Å². The lowest BCUT2D eigenvalue weighted by Crippen LogP contribution is -2.30. The number of sulfonamides is 1. The number of methoxy groups -OCH3 is 1. The van der Waals surface area contributed by atoms with E-state index in [9.17, 15) is 13.2 Å². The topological polar surface area (TPSA) is 84.9 Å². The van der Waals surface area contributed by atoms with Gasteiger partial charge in [-0.1, -0.05) is 12.1 Å². The minimum Gasteiger partial charge on any atom is -0.481 e. The Labute approximate surface area is 160 Å². The Morgan fingerprint density at radius 3 is 2.44 bits per heavy atom. The number of hydrogen-bond acceptors (Lipinski definition) is 5. The van der Waals surface area contributed by atoms with E-state index >= 15 is 0 Å². The Morgan fingerprint density at radius 1 is 1.19 bits per heavy atom. The van der Waals surface area contributed by atoms with Crippen molar-refractivity contribution in [1.29, 1.82) is 0 Å². The molecule has 146 valence electrons. The number of ether oxygens (including phenoxy) is 2. The van der Waals surface area contributed by atoms with Gasteiger partial charge < -0.3 is 14.8 Å². The highest BCUT2D eigenvalue weighted by molar-refractivity contribution is 7.92. The monoisotopic (exact) mass is 392 g/mol. The second-order valence-corrected chi connectivity index (χ2v) is 8.12. The van der Waals surface area contributed by atoms with Gasteiger partial charge in [0.15, 0.2) is 6.10 Å². The zero-order chi connectivity index (χ0) is 20.0. The van der Waals surface area contributed by atoms with Gasteiger partial charge in [-0.2, -0.15) is 0 Å². The molecular formula is C19H24N2O5S. The van der Waals surface area contributed by atoms with Crippen LogP contribution in [0, 0.1) is 0 Å². The van der Waals surface area contributed by atoms with Gasteiger partial charge in [0, 0.05) is 19.8 Å². The molecular weight excluding hydrogens is 368 g/mol. The van der Waals surface area contributed by atoms with Gasteiger partial charge in [0.1, 0.15) is 5.75 Å². The standard InChI is InChI=1S/C19H24N2O5S/c1-14(19(22)20-16-7-5-6-15(12-16)13-25-3)26-18-10-8-17(9-11-18)21(2)27(4,23)24/h5-12,14H,13H2,1-4H3,(H,20,22)/t14-/m0/s1. The predicted octanol–water partition coefficient (Wildman–Crippen LogP) is 2.63. The average Bonchev–Trinajstić information content (AvgIpc) is 2.61. The van der Waals surface area contributed by atoms with E-state index < -0.39 is 16.1 Å². The first-order chi connectivity index (χ1) is 12.7. The fourth-order valence-electron chi connectivity index (χ4n) is 2.33. The summed E-state index contributed by atoms with van der Waals surface area (Å²) < 4.78 is 35.0. The van der Waals surface area contributed by atoms with Gasteiger partial charge in [0.05, 0.1) is 18.6 Å². The van der Waals surface area contributed by atoms with Gasteiger partial charge in [0.2, 0.25) is 10.0 Å². The first-order valence-electron chi connectivity index (χ1n) is 8.30. The molecule has 0 saturated heterocycles. The molecule has 0 aliphatic carbocycles. The molecule has 8 heteroatoms. The van der Waals surface area contributed by atoms with E-state index in [4.69, 9.17) is 9.47 Å². The average molecular weight is 392 g/mol. The molecule has 27 heavy (non-hydrogen) atoms. The molecule has 7 nitrogen and oxygen atoms in total. The predicted molar refractivity (Wildman–Crippen MR) is 106 cm³/mol. The third-order valence-corrected chi connectivity index (χ3v) is 5.09. The van der Waals surface area contributed by atoms with Crippen LogP contribution in [0.2, 0.25) is 0 Å². The molecule has 1 atom stereocenters. The summed E-state index contributed by atoms with van der Waals surface area (Å²) in [6.07, 6.45) is 0.403. The maximum Gasteiger partial charge on any atom is 0.265 e. The van der Waals surface area contributed by atoms with E-state index in [0.717, 1.165) is 11.8 Å². The van der Waals surface area contributed by atoms with E-state index in [1.165, 1.54) is 11.4 Å². The first kappa shape index (κ1) is 20.7. The van der Waals surface area contributed by atoms with Crippen LogP contribution in [-0.4, -0.2) is 40.8 Å². The maximum atomic E-state index is 12.3. The van der Waals surface area contributed by atoms with E-state index in [0.29, 0.717) is 23.7 Å². The van der Waals surface area contributed by atoms with Crippen molar-refractivity contribution in [1.82, 2.24) is 0 Å². The van der Waals surface area contributed by atoms with E-state index in [-0.39, 0.29) is 5.91 Å². The summed E-state index contributed by atoms with van der Waals surface area (Å²) in [5.41, 5.74) is 2.13. The maximum absolute atomic E-state index is 12.3. The summed E-state index contributed by atoms with van der Waals surface area (Å²) in [7, 11) is -0.246. The fraction of sp³-hybridized carbons (Fsp3) is 0.316. The number of anilines is 2. The Bertz CT molecular complexity index is 881. The Balaban J connectivity index is 1.99. The zero-order valence-electron chi connectivity index (χ0n) is 15.8. The smallest absolute Gasteiger partial charge is 0.265 e. The molecule has 2 aromatic carbocycles. The lowest BCUT2D eigenvalue weighted by atomic mass is 10.2. The molecule has 0 aliphatic heterocycles. The number of nitrogens with one attached hydrogen (secondary N) is 1. The Hall–Kier alpha value is -2.58. The van der Waals surface area contributed by atoms with Gasteiger partial charge in [-0.15, -0.1) is 0 Å². The highest BCUT2D eigenvalue weighted by Gasteiger charge is 2.16. The number of carbonyl (C=O) groups is 1. The highest BCUT2D eigenvalue weighted by atomic mass is 32.2. The molecule has 0 spiro atoms. The lowest BCUT2D eigenvalue weighted by molar-refractivity contribution is -0.122. The lowest BCUT2D eigenvalue weighted by Gasteiger charge is -2.18. The number of rotatable bonds is 8. The van der Waals surface area contributed by atoms with Gasteiger partial charge in [-0.3, -0.25) is 9.10 Å². The van der Waals surface area contributed by atoms with Crippen molar-refractivity contribution in [3.8, 4) is 5.75 Å². The van der Waals surface area contributed by atoms with Gasteiger partial charge >= 0.3 is 0 Å². The summed E-state index contributed by atoms with van der Waals surface area (Å²) in [5, 5.41) is 2.80. The molecule has 0 bridgehead atoms. The number of benzene rings is 2. The van der Waals surface area contributed by atoms with Crippen molar-refractivity contribution < 1.29 is 22.7 Å². The van der Waals surface area contributed by atoms with Crippen LogP contribution in [0.4, 0.5) is 11.4 Å². The largest absolute Gasteiger partial charge is 0.481 e. The van der Waals surface area contributed by atoms with Crippen LogP contribution in [0.3, 0.4) is 0 Å². The van der Waals surface area contributed by atoms with Crippen molar-refractivity contribution in [2.75, 3.05) is 30.0 Å². The first-order valence-corrected chi connectivity index (χ1v) is 10.1. The Kier molecular flexibility index (Phi) is 6.81. The molecule has 0 saturated carbocycles. The molecule has 1 amide bonds. The molecule has 1 N–H and O–H groups in total. The van der Waals surface area contributed by atoms with E-state index in [1.807, 2.05) is 18.2 Å². The summed E-state index contributed by atoms with van der Waals surface area (Å²) in [6.45, 7) is 2.11. The van der Waals surface area contributed by atoms with E-state index in [2.05, 4.69) is 5.32 Å². The van der Waals surface area contributed by atoms with Crippen LogP contribution in [-0.2, 0) is 26.2 Å². The van der Waals surface area contributed by atoms with Gasteiger partial charge in [-0.05, 0) is 48.9 Å². The Morgan fingerprint density at radius 2 is 1.85 bits per heavy atom. The summed E-state index contributed by atoms with van der Waals surface area (Å²) in [6, 6.07) is 13.9. The normalized spacial score (nSPS) is 12.3. The summed E-state index contributed by atoms with van der Waals surface area (Å²) >= 11 is 0. The third kappa shape index (κ3) is 5.97. The molecule has 0 unspecified atom stereocenters. The molecule has 2 rings (SSSR count). The van der Waals surface area contributed by atoms with Gasteiger partial charge in [-0.25, -0.2) is 8.42 Å².